The number of nitrogens with zero attached hydrogens (tertiary/aromatic N) is 7. The number of hydrogen-bond acceptors (Lipinski definition) is 15. The van der Waals surface area contributed by atoms with Crippen molar-refractivity contribution in [3.05, 3.63) is 336 Å². The molecule has 0 atom stereocenters. The highest BCUT2D eigenvalue weighted by Gasteiger charge is 2.55. The van der Waals surface area contributed by atoms with Gasteiger partial charge >= 0.3 is 27.5 Å². The predicted octanol–water partition coefficient (Wildman–Crippen LogP) is 25.8. The molecule has 1 aliphatic carbocycles. The fourth-order valence-corrected chi connectivity index (χ4v) is 22.4. The van der Waals surface area contributed by atoms with Crippen LogP contribution in [0.1, 0.15) is 156 Å². The normalized spacial score (nSPS) is 18.1. The minimum Gasteiger partial charge on any atom is -0.544 e. The van der Waals surface area contributed by atoms with E-state index in [1.54, 1.807) is 14.2 Å². The van der Waals surface area contributed by atoms with Gasteiger partial charge in [0.2, 0.25) is 16.9 Å². The Balaban J connectivity index is 0.000000225. The molecule has 6 heterocycles. The van der Waals surface area contributed by atoms with Gasteiger partial charge in [-0.25, -0.2) is 8.42 Å². The maximum absolute atomic E-state index is 11.8. The molecule has 0 saturated carbocycles. The first-order valence-electron chi connectivity index (χ1n) is 45.7. The Morgan fingerprint density at radius 1 is 0.476 bits per heavy atom. The van der Waals surface area contributed by atoms with E-state index in [-0.39, 0.29) is 35.5 Å². The van der Waals surface area contributed by atoms with Crippen molar-refractivity contribution in [3.63, 3.8) is 0 Å². The van der Waals surface area contributed by atoms with Crippen molar-refractivity contribution in [2.75, 3.05) is 81.9 Å². The van der Waals surface area contributed by atoms with Gasteiger partial charge in [-0.1, -0.05) is 224 Å². The van der Waals surface area contributed by atoms with Crippen LogP contribution in [0.2, 0.25) is 0 Å². The largest absolute Gasteiger partial charge is 0.544 e. The summed E-state index contributed by atoms with van der Waals surface area (Å²) >= 11 is 7.13. The second-order valence-electron chi connectivity index (χ2n) is 35.5. The van der Waals surface area contributed by atoms with Gasteiger partial charge in [-0.15, -0.1) is 0 Å². The van der Waals surface area contributed by atoms with E-state index in [0.717, 1.165) is 63.6 Å². The Morgan fingerprint density at radius 2 is 0.931 bits per heavy atom. The standard InChI is InChI=1S/C36H44ClN2O2.C31H37N2.C28H29N2.2C4H3F6O4S2.C2H3F3NO2S/c1-35(2)28-14-7-9-16-30(28)38(22-24-40-5)32(35)20-18-26-12-11-13-27(34(26)37)19-21-33-36(3,4)29-15-8-10-17-31(29)39(33)23-25-41-6;1-7-32-26-20-16-14-18-24(26)30(3,4)28(32)22-12-10-9-11-13-23-29-31(5,6)25-19-15-17-21-27(25)33(29)8-2;1-4-29-20-18-23(25-10-6-8-12-27(25)29)16-14-22(3)15-17-24-19-21-30(5-2)28-13-9-7-11-26(24)28;2*1-2(15(11,12)3(5,6)7)16(13,14)4(8,9)10;1-6-9(7,8)2(3,4)5/h7-10,14-21H,11-13,22-25H2,1-6H3;9-23H,7-8H2,1-6H3;6-21H,4-5H2,1-3H3;2*1H3;1H3/q3*+1;3*-1. The quantitative estimate of drug-likeness (QED) is 0.0225. The van der Waals surface area contributed by atoms with E-state index in [0.29, 0.717) is 20.3 Å². The molecule has 19 nitrogen and oxygen atoms in total. The molecule has 0 bridgehead atoms. The van der Waals surface area contributed by atoms with Gasteiger partial charge in [-0.2, -0.15) is 100 Å². The molecule has 0 saturated heterocycles. The van der Waals surface area contributed by atoms with Crippen molar-refractivity contribution in [2.24, 2.45) is 0 Å². The Morgan fingerprint density at radius 3 is 1.41 bits per heavy atom. The fourth-order valence-electron chi connectivity index (χ4n) is 17.1. The number of hydrogen-bond donors (Lipinski definition) is 0. The molecule has 0 fully saturated rings. The zero-order valence-corrected chi connectivity index (χ0v) is 88.1. The zero-order valence-electron chi connectivity index (χ0n) is 83.2. The predicted molar refractivity (Wildman–Crippen MR) is 546 cm³/mol. The van der Waals surface area contributed by atoms with Crippen molar-refractivity contribution >= 4 is 123 Å². The number of alkyl halides is 15. The van der Waals surface area contributed by atoms with Gasteiger partial charge in [0, 0.05) is 137 Å². The van der Waals surface area contributed by atoms with Crippen LogP contribution in [-0.4, -0.2) is 157 Å². The number of allylic oxidation sites excluding steroid dienone is 22. The third-order valence-electron chi connectivity index (χ3n) is 25.1. The van der Waals surface area contributed by atoms with Crippen LogP contribution in [0, 0.1) is 9.16 Å². The molecule has 6 aliphatic rings. The Hall–Kier alpha value is -10.8. The van der Waals surface area contributed by atoms with Crippen molar-refractivity contribution in [2.45, 2.75) is 179 Å². The molecule has 7 aromatic rings. The van der Waals surface area contributed by atoms with E-state index in [2.05, 4.69) is 384 Å². The average Bonchev–Trinajstić information content (AvgIpc) is 1.47. The van der Waals surface area contributed by atoms with Crippen molar-refractivity contribution in [3.8, 4) is 0 Å². The van der Waals surface area contributed by atoms with Crippen LogP contribution in [-0.2, 0) is 87.1 Å². The molecular formula is C105H119ClF15N7O12S5. The monoisotopic (exact) mass is 2150 g/mol. The van der Waals surface area contributed by atoms with Crippen LogP contribution in [0.5, 0.6) is 0 Å². The third kappa shape index (κ3) is 26.7. The van der Waals surface area contributed by atoms with Crippen molar-refractivity contribution in [1.82, 2.24) is 0 Å². The molecule has 0 radical (unpaired) electrons. The molecule has 40 heteroatoms. The van der Waals surface area contributed by atoms with Gasteiger partial charge < -0.3 is 28.9 Å². The fraction of sp³-hybridized carbons (Fsp3) is 0.362. The molecule has 788 valence electrons. The molecule has 0 spiro atoms. The van der Waals surface area contributed by atoms with E-state index < -0.39 is 86.1 Å². The summed E-state index contributed by atoms with van der Waals surface area (Å²) in [6, 6.07) is 54.4. The molecule has 145 heavy (non-hydrogen) atoms. The zero-order chi connectivity index (χ0) is 109. The number of methoxy groups -OCH3 is 2. The van der Waals surface area contributed by atoms with Crippen LogP contribution < -0.4 is 19.3 Å². The lowest BCUT2D eigenvalue weighted by Gasteiger charge is -2.27. The number of fused-ring (bicyclic) bond motifs is 6. The molecular weight excluding hydrogens is 2030 g/mol. The highest BCUT2D eigenvalue weighted by Crippen LogP contribution is 2.51. The average molecular weight is 2150 g/mol. The number of sulfone groups is 4. The maximum atomic E-state index is 11.8. The van der Waals surface area contributed by atoms with Gasteiger partial charge in [0.05, 0.1) is 22.8 Å². The summed E-state index contributed by atoms with van der Waals surface area (Å²) in [5.41, 5.74) is -3.86. The highest BCUT2D eigenvalue weighted by molar-refractivity contribution is 8.14. The second-order valence-corrected chi connectivity index (χ2v) is 46.5. The number of pyridine rings is 1. The summed E-state index contributed by atoms with van der Waals surface area (Å²) < 4.78 is 292. The van der Waals surface area contributed by atoms with E-state index >= 15 is 0 Å². The first-order valence-corrected chi connectivity index (χ1v) is 53.4. The summed E-state index contributed by atoms with van der Waals surface area (Å²) in [4.78, 5) is 7.12. The van der Waals surface area contributed by atoms with Crippen molar-refractivity contribution < 1.29 is 131 Å². The number of para-hydroxylation sites is 6. The first-order chi connectivity index (χ1) is 67.4. The lowest BCUT2D eigenvalue weighted by Crippen LogP contribution is -2.37. The highest BCUT2D eigenvalue weighted by atomic mass is 35.5. The summed E-state index contributed by atoms with van der Waals surface area (Å²) in [5, 5.41) is 2.17. The summed E-state index contributed by atoms with van der Waals surface area (Å²) in [6.07, 6.45) is 42.8. The van der Waals surface area contributed by atoms with Gasteiger partial charge in [0.1, 0.15) is 59.0 Å². The molecule has 5 aliphatic heterocycles. The molecule has 0 unspecified atom stereocenters. The van der Waals surface area contributed by atoms with E-state index in [4.69, 9.17) is 21.1 Å². The minimum atomic E-state index is -6.51. The van der Waals surface area contributed by atoms with Crippen LogP contribution >= 0.6 is 11.6 Å². The van der Waals surface area contributed by atoms with Gasteiger partial charge in [-0.3, -0.25) is 33.7 Å². The second kappa shape index (κ2) is 48.0. The van der Waals surface area contributed by atoms with Gasteiger partial charge in [0.25, 0.3) is 0 Å². The van der Waals surface area contributed by atoms with E-state index in [1.165, 1.54) is 118 Å². The maximum Gasteiger partial charge on any atom is 0.480 e. The SMILES string of the molecule is CCN1/C(=C/C=C/C=C/C=C/C2=[N+](CC)c3ccccc3C2(C)C)C(C)(C)c2ccccc21.CCN1C=C/C(=C/C=C(C)/C=C/c2cc[n+](CC)c3ccccc23)c2ccccc21.COCCN1/C(=C/C=C2\CCCC(/C=C/C3=[N+](CCOC)c4ccccc4C3(C)C)=C2Cl)C(C)(C)c2ccccc21.C[C-](S(=O)(=O)C(F)(F)F)S(=O)(=O)C(F)(F)F.C[C-](S(=O)(=O)C(F)(F)F)S(=O)(=O)C(F)(F)F.C[N-]S(=O)(=O)C(F)(F)F. The van der Waals surface area contributed by atoms with Crippen LogP contribution in [0.3, 0.4) is 0 Å². The van der Waals surface area contributed by atoms with E-state index in [9.17, 15) is 108 Å². The number of aryl methyl sites for hydroxylation is 1. The van der Waals surface area contributed by atoms with Crippen molar-refractivity contribution in [1.29, 1.82) is 0 Å². The Kier molecular flexibility index (Phi) is 39.6. The Bertz CT molecular complexity index is 6780. The lowest BCUT2D eigenvalue weighted by molar-refractivity contribution is -0.667. The van der Waals surface area contributed by atoms with Gasteiger partial charge in [-0.05, 0) is 157 Å². The molecule has 0 N–H and O–H groups in total. The minimum absolute atomic E-state index is 0.0177. The number of aromatic nitrogens is 1. The summed E-state index contributed by atoms with van der Waals surface area (Å²) in [5.74, 6) is 0. The van der Waals surface area contributed by atoms with Crippen LogP contribution in [0.15, 0.2) is 288 Å². The topological polar surface area (TPSA) is 223 Å². The molecule has 1 aromatic heterocycles. The molecule has 13 rings (SSSR count). The van der Waals surface area contributed by atoms with Gasteiger partial charge in [0.15, 0.2) is 34.2 Å². The number of rotatable bonds is 25. The van der Waals surface area contributed by atoms with Crippen LogP contribution in [0.25, 0.3) is 27.3 Å². The number of likely N-dealkylation sites (N-methyl/N-ethyl adjacent to an activating group) is 1. The number of ether oxygens (including phenoxy) is 2. The summed E-state index contributed by atoms with van der Waals surface area (Å²) in [6.45, 7) is 35.8. The van der Waals surface area contributed by atoms with Crippen LogP contribution in [0.4, 0.5) is 94.3 Å². The lowest BCUT2D eigenvalue weighted by atomic mass is 9.81. The number of sulfonamides is 1. The number of benzene rings is 6. The third-order valence-corrected chi connectivity index (χ3v) is 34.7. The summed E-state index contributed by atoms with van der Waals surface area (Å²) in [7, 11) is -27.1. The first kappa shape index (κ1) is 119. The smallest absolute Gasteiger partial charge is 0.480 e. The number of halogens is 16. The molecule has 0 amide bonds. The van der Waals surface area contributed by atoms with E-state index in [1.807, 2.05) is 0 Å². The Labute approximate surface area is 845 Å². The number of anilines is 3. The molecule has 6 aromatic carbocycles.